The molecular formula is C15H15NO3S. The van der Waals surface area contributed by atoms with Gasteiger partial charge in [-0.2, -0.15) is 8.42 Å². The van der Waals surface area contributed by atoms with Gasteiger partial charge in [0, 0.05) is 16.5 Å². The van der Waals surface area contributed by atoms with E-state index in [0.717, 1.165) is 16.7 Å². The van der Waals surface area contributed by atoms with Crippen LogP contribution in [0, 0.1) is 0 Å². The summed E-state index contributed by atoms with van der Waals surface area (Å²) in [6, 6.07) is 8.67. The number of hydrogen-bond acceptors (Lipinski definition) is 3. The Morgan fingerprint density at radius 3 is 2.35 bits per heavy atom. The maximum atomic E-state index is 11.6. The Morgan fingerprint density at radius 1 is 1.15 bits per heavy atom. The molecule has 0 amide bonds. The molecule has 20 heavy (non-hydrogen) atoms. The second kappa shape index (κ2) is 3.90. The number of nitrogens with zero attached hydrogens (tertiary/aromatic N) is 1. The van der Waals surface area contributed by atoms with Gasteiger partial charge in [-0.25, -0.2) is 0 Å². The van der Waals surface area contributed by atoms with E-state index < -0.39 is 10.1 Å². The molecule has 4 nitrogen and oxygen atoms in total. The van der Waals surface area contributed by atoms with Crippen molar-refractivity contribution in [2.24, 2.45) is 4.99 Å². The Labute approximate surface area is 117 Å². The van der Waals surface area contributed by atoms with Gasteiger partial charge in [0.15, 0.2) is 0 Å². The molecule has 1 heterocycles. The molecule has 1 aliphatic rings. The molecule has 3 rings (SSSR count). The van der Waals surface area contributed by atoms with E-state index in [2.05, 4.69) is 18.8 Å². The molecule has 0 unspecified atom stereocenters. The van der Waals surface area contributed by atoms with Crippen LogP contribution in [0.3, 0.4) is 0 Å². The zero-order valence-electron chi connectivity index (χ0n) is 11.5. The first kappa shape index (κ1) is 13.3. The summed E-state index contributed by atoms with van der Waals surface area (Å²) in [6.45, 7) is 6.07. The molecule has 0 saturated carbocycles. The molecule has 0 atom stereocenters. The van der Waals surface area contributed by atoms with E-state index in [0.29, 0.717) is 11.1 Å². The fourth-order valence-corrected chi connectivity index (χ4v) is 3.50. The molecule has 0 radical (unpaired) electrons. The highest BCUT2D eigenvalue weighted by molar-refractivity contribution is 7.86. The van der Waals surface area contributed by atoms with Crippen molar-refractivity contribution in [3.05, 3.63) is 35.9 Å². The van der Waals surface area contributed by atoms with Crippen molar-refractivity contribution in [1.82, 2.24) is 0 Å². The third-order valence-corrected chi connectivity index (χ3v) is 4.97. The Morgan fingerprint density at radius 2 is 1.75 bits per heavy atom. The Bertz CT molecular complexity index is 864. The highest BCUT2D eigenvalue weighted by Crippen LogP contribution is 2.46. The first-order valence-corrected chi connectivity index (χ1v) is 7.76. The second-order valence-electron chi connectivity index (χ2n) is 5.61. The van der Waals surface area contributed by atoms with Gasteiger partial charge in [0.2, 0.25) is 0 Å². The molecule has 2 aromatic carbocycles. The van der Waals surface area contributed by atoms with Crippen molar-refractivity contribution >= 4 is 32.3 Å². The topological polar surface area (TPSA) is 66.7 Å². The molecule has 0 aliphatic carbocycles. The van der Waals surface area contributed by atoms with Gasteiger partial charge in [0.1, 0.15) is 4.90 Å². The van der Waals surface area contributed by atoms with Crippen LogP contribution in [-0.2, 0) is 15.5 Å². The third kappa shape index (κ3) is 1.70. The molecule has 0 bridgehead atoms. The lowest BCUT2D eigenvalue weighted by molar-refractivity contribution is 0.484. The standard InChI is InChI=1S/C15H15NO3S/c1-9-15(2,3)14-11-7-5-4-6-10(11)13(20(17,18)19)8-12(14)16-9/h4-8H,1-3H3,(H,17,18,19). The molecule has 0 fully saturated rings. The average molecular weight is 289 g/mol. The van der Waals surface area contributed by atoms with E-state index in [1.807, 2.05) is 19.1 Å². The minimum Gasteiger partial charge on any atom is -0.282 e. The quantitative estimate of drug-likeness (QED) is 0.817. The van der Waals surface area contributed by atoms with Crippen LogP contribution in [0.5, 0.6) is 0 Å². The van der Waals surface area contributed by atoms with Gasteiger partial charge in [-0.3, -0.25) is 9.55 Å². The maximum Gasteiger partial charge on any atom is 0.295 e. The van der Waals surface area contributed by atoms with E-state index in [1.165, 1.54) is 6.07 Å². The van der Waals surface area contributed by atoms with Gasteiger partial charge in [0.05, 0.1) is 5.69 Å². The lowest BCUT2D eigenvalue weighted by atomic mass is 9.80. The Hall–Kier alpha value is -1.72. The van der Waals surface area contributed by atoms with Gasteiger partial charge >= 0.3 is 0 Å². The first-order chi connectivity index (χ1) is 9.23. The Balaban J connectivity index is 2.53. The van der Waals surface area contributed by atoms with E-state index >= 15 is 0 Å². The molecule has 0 spiro atoms. The lowest BCUT2D eigenvalue weighted by Crippen LogP contribution is -2.23. The van der Waals surface area contributed by atoms with Gasteiger partial charge in [0.25, 0.3) is 10.1 Å². The molecule has 104 valence electrons. The summed E-state index contributed by atoms with van der Waals surface area (Å²) >= 11 is 0. The van der Waals surface area contributed by atoms with Crippen molar-refractivity contribution < 1.29 is 13.0 Å². The van der Waals surface area contributed by atoms with Crippen LogP contribution in [0.2, 0.25) is 0 Å². The summed E-state index contributed by atoms with van der Waals surface area (Å²) in [7, 11) is -4.28. The van der Waals surface area contributed by atoms with Gasteiger partial charge in [-0.05, 0) is 23.9 Å². The van der Waals surface area contributed by atoms with Crippen molar-refractivity contribution in [2.75, 3.05) is 0 Å². The fraction of sp³-hybridized carbons (Fsp3) is 0.267. The molecule has 1 aliphatic heterocycles. The minimum absolute atomic E-state index is 0.0823. The van der Waals surface area contributed by atoms with Crippen LogP contribution in [0.25, 0.3) is 10.8 Å². The van der Waals surface area contributed by atoms with E-state index in [-0.39, 0.29) is 10.3 Å². The van der Waals surface area contributed by atoms with E-state index in [1.54, 1.807) is 12.1 Å². The van der Waals surface area contributed by atoms with E-state index in [9.17, 15) is 13.0 Å². The van der Waals surface area contributed by atoms with Crippen LogP contribution in [0.4, 0.5) is 5.69 Å². The smallest absolute Gasteiger partial charge is 0.282 e. The molecule has 5 heteroatoms. The zero-order chi connectivity index (χ0) is 14.7. The average Bonchev–Trinajstić information content (AvgIpc) is 2.58. The normalized spacial score (nSPS) is 17.1. The van der Waals surface area contributed by atoms with Crippen LogP contribution >= 0.6 is 0 Å². The molecule has 2 aromatic rings. The van der Waals surface area contributed by atoms with Crippen molar-refractivity contribution in [3.8, 4) is 0 Å². The number of benzene rings is 2. The molecule has 0 saturated heterocycles. The van der Waals surface area contributed by atoms with Crippen LogP contribution in [-0.4, -0.2) is 18.7 Å². The fourth-order valence-electron chi connectivity index (χ4n) is 2.79. The van der Waals surface area contributed by atoms with Crippen molar-refractivity contribution in [2.45, 2.75) is 31.1 Å². The molecular weight excluding hydrogens is 274 g/mol. The first-order valence-electron chi connectivity index (χ1n) is 6.32. The van der Waals surface area contributed by atoms with Crippen LogP contribution in [0.15, 0.2) is 40.2 Å². The number of rotatable bonds is 1. The molecule has 0 aromatic heterocycles. The monoisotopic (exact) mass is 289 g/mol. The summed E-state index contributed by atoms with van der Waals surface area (Å²) in [5.74, 6) is 0. The maximum absolute atomic E-state index is 11.6. The summed E-state index contributed by atoms with van der Waals surface area (Å²) in [5, 5.41) is 1.36. The highest BCUT2D eigenvalue weighted by atomic mass is 32.2. The number of aliphatic imine (C=N–C) groups is 1. The summed E-state index contributed by atoms with van der Waals surface area (Å²) in [6.07, 6.45) is 0. The van der Waals surface area contributed by atoms with Gasteiger partial charge in [-0.15, -0.1) is 0 Å². The summed E-state index contributed by atoms with van der Waals surface area (Å²) in [4.78, 5) is 4.39. The predicted octanol–water partition coefficient (Wildman–Crippen LogP) is 3.47. The van der Waals surface area contributed by atoms with Crippen LogP contribution in [0.1, 0.15) is 26.3 Å². The number of fused-ring (bicyclic) bond motifs is 3. The third-order valence-electron chi connectivity index (χ3n) is 4.08. The zero-order valence-corrected chi connectivity index (χ0v) is 12.3. The lowest BCUT2D eigenvalue weighted by Gasteiger charge is -2.22. The second-order valence-corrected chi connectivity index (χ2v) is 7.00. The molecule has 1 N–H and O–H groups in total. The number of hydrogen-bond donors (Lipinski definition) is 1. The van der Waals surface area contributed by atoms with Crippen LogP contribution < -0.4 is 0 Å². The van der Waals surface area contributed by atoms with Gasteiger partial charge in [-0.1, -0.05) is 38.1 Å². The van der Waals surface area contributed by atoms with Crippen molar-refractivity contribution in [3.63, 3.8) is 0 Å². The largest absolute Gasteiger partial charge is 0.295 e. The van der Waals surface area contributed by atoms with Gasteiger partial charge < -0.3 is 0 Å². The SMILES string of the molecule is CC1=Nc2cc(S(=O)(=O)O)c3ccccc3c2C1(C)C. The highest BCUT2D eigenvalue weighted by Gasteiger charge is 2.35. The summed E-state index contributed by atoms with van der Waals surface area (Å²) < 4.78 is 32.6. The van der Waals surface area contributed by atoms with E-state index in [4.69, 9.17) is 0 Å². The van der Waals surface area contributed by atoms with Crippen molar-refractivity contribution in [1.29, 1.82) is 0 Å². The predicted molar refractivity (Wildman–Crippen MR) is 79.6 cm³/mol. The Kier molecular flexibility index (Phi) is 2.59. The minimum atomic E-state index is -4.28. The summed E-state index contributed by atoms with van der Waals surface area (Å²) in [5.41, 5.74) is 2.33.